The molecule has 3 aromatic rings. The van der Waals surface area contributed by atoms with E-state index in [1.165, 1.54) is 13.2 Å². The molecule has 0 saturated heterocycles. The highest BCUT2D eigenvalue weighted by Gasteiger charge is 2.14. The van der Waals surface area contributed by atoms with Crippen LogP contribution in [0.2, 0.25) is 0 Å². The van der Waals surface area contributed by atoms with Gasteiger partial charge in [-0.25, -0.2) is 0 Å². The Hall–Kier alpha value is -3.08. The zero-order chi connectivity index (χ0) is 16.4. The van der Waals surface area contributed by atoms with E-state index in [-0.39, 0.29) is 11.8 Å². The molecule has 0 atom stereocenters. The molecule has 116 valence electrons. The van der Waals surface area contributed by atoms with E-state index < -0.39 is 5.97 Å². The molecule has 0 unspecified atom stereocenters. The Morgan fingerprint density at radius 1 is 1.17 bits per heavy atom. The summed E-state index contributed by atoms with van der Waals surface area (Å²) in [6.45, 7) is 0. The lowest BCUT2D eigenvalue weighted by molar-refractivity contribution is -0.136. The summed E-state index contributed by atoms with van der Waals surface area (Å²) in [4.78, 5) is 23.4. The third kappa shape index (κ3) is 2.81. The fourth-order valence-electron chi connectivity index (χ4n) is 2.52. The highest BCUT2D eigenvalue weighted by Crippen LogP contribution is 2.31. The molecule has 1 N–H and O–H groups in total. The Bertz CT molecular complexity index is 940. The molecule has 2 aromatic carbocycles. The van der Waals surface area contributed by atoms with Crippen molar-refractivity contribution in [3.8, 4) is 17.1 Å². The van der Waals surface area contributed by atoms with Crippen LogP contribution < -0.4 is 10.2 Å². The molecule has 0 fully saturated rings. The molecule has 0 amide bonds. The van der Waals surface area contributed by atoms with Crippen LogP contribution in [0.15, 0.2) is 57.7 Å². The lowest BCUT2D eigenvalue weighted by Crippen LogP contribution is -2.05. The van der Waals surface area contributed by atoms with E-state index in [0.717, 1.165) is 0 Å². The zero-order valence-electron chi connectivity index (χ0n) is 12.4. The number of hydrogen-bond acceptors (Lipinski definition) is 4. The van der Waals surface area contributed by atoms with Crippen LogP contribution in [-0.2, 0) is 11.2 Å². The maximum absolute atomic E-state index is 12.4. The van der Waals surface area contributed by atoms with Gasteiger partial charge in [0.1, 0.15) is 17.1 Å². The minimum Gasteiger partial charge on any atom is -0.496 e. The van der Waals surface area contributed by atoms with Crippen molar-refractivity contribution in [1.82, 2.24) is 0 Å². The Labute approximate surface area is 131 Å². The van der Waals surface area contributed by atoms with Gasteiger partial charge in [0.05, 0.1) is 24.5 Å². The molecular formula is C18H14O5. The number of aliphatic carboxylic acids is 1. The van der Waals surface area contributed by atoms with Crippen LogP contribution in [0, 0.1) is 0 Å². The molecule has 0 bridgehead atoms. The molecule has 23 heavy (non-hydrogen) atoms. The summed E-state index contributed by atoms with van der Waals surface area (Å²) < 4.78 is 11.2. The van der Waals surface area contributed by atoms with Gasteiger partial charge in [-0.15, -0.1) is 0 Å². The number of para-hydroxylation sites is 2. The van der Waals surface area contributed by atoms with Crippen molar-refractivity contribution >= 4 is 16.9 Å². The number of carboxylic acid groups (broad SMARTS) is 1. The van der Waals surface area contributed by atoms with Crippen LogP contribution in [-0.4, -0.2) is 18.2 Å². The first kappa shape index (κ1) is 14.8. The smallest absolute Gasteiger partial charge is 0.307 e. The van der Waals surface area contributed by atoms with Crippen molar-refractivity contribution in [3.05, 3.63) is 64.3 Å². The predicted octanol–water partition coefficient (Wildman–Crippen LogP) is 3.10. The lowest BCUT2D eigenvalue weighted by Gasteiger charge is -2.09. The van der Waals surface area contributed by atoms with Gasteiger partial charge in [0.15, 0.2) is 5.43 Å². The second-order valence-corrected chi connectivity index (χ2v) is 5.04. The van der Waals surface area contributed by atoms with E-state index in [2.05, 4.69) is 0 Å². The van der Waals surface area contributed by atoms with Gasteiger partial charge in [-0.3, -0.25) is 9.59 Å². The van der Waals surface area contributed by atoms with Gasteiger partial charge in [0.2, 0.25) is 0 Å². The number of ether oxygens (including phenoxy) is 1. The Kier molecular flexibility index (Phi) is 3.85. The minimum atomic E-state index is -0.983. The van der Waals surface area contributed by atoms with Crippen LogP contribution in [0.25, 0.3) is 22.3 Å². The number of methoxy groups -OCH3 is 1. The highest BCUT2D eigenvalue weighted by atomic mass is 16.5. The van der Waals surface area contributed by atoms with E-state index in [1.807, 2.05) is 12.1 Å². The summed E-state index contributed by atoms with van der Waals surface area (Å²) in [6.07, 6.45) is -0.213. The van der Waals surface area contributed by atoms with E-state index in [4.69, 9.17) is 14.3 Å². The number of carboxylic acids is 1. The molecule has 1 heterocycles. The Morgan fingerprint density at radius 2 is 1.96 bits per heavy atom. The molecular weight excluding hydrogens is 296 g/mol. The van der Waals surface area contributed by atoms with E-state index in [0.29, 0.717) is 33.6 Å². The van der Waals surface area contributed by atoms with Gasteiger partial charge in [-0.05, 0) is 18.2 Å². The van der Waals surface area contributed by atoms with Crippen molar-refractivity contribution in [3.63, 3.8) is 0 Å². The quantitative estimate of drug-likeness (QED) is 0.801. The molecule has 5 nitrogen and oxygen atoms in total. The van der Waals surface area contributed by atoms with Crippen LogP contribution in [0.5, 0.6) is 5.75 Å². The number of rotatable bonds is 4. The van der Waals surface area contributed by atoms with Crippen LogP contribution in [0.3, 0.4) is 0 Å². The molecule has 0 saturated carbocycles. The third-order valence-electron chi connectivity index (χ3n) is 3.55. The fraction of sp³-hybridized carbons (Fsp3) is 0.111. The topological polar surface area (TPSA) is 76.7 Å². The molecule has 0 aliphatic heterocycles. The predicted molar refractivity (Wildman–Crippen MR) is 85.8 cm³/mol. The van der Waals surface area contributed by atoms with Crippen molar-refractivity contribution in [2.24, 2.45) is 0 Å². The monoisotopic (exact) mass is 310 g/mol. The highest BCUT2D eigenvalue weighted by molar-refractivity contribution is 5.85. The molecule has 5 heteroatoms. The average molecular weight is 310 g/mol. The van der Waals surface area contributed by atoms with Gasteiger partial charge in [-0.2, -0.15) is 0 Å². The van der Waals surface area contributed by atoms with Crippen molar-refractivity contribution < 1.29 is 19.1 Å². The lowest BCUT2D eigenvalue weighted by atomic mass is 10.1. The van der Waals surface area contributed by atoms with Gasteiger partial charge in [0, 0.05) is 11.6 Å². The van der Waals surface area contributed by atoms with Crippen molar-refractivity contribution in [2.45, 2.75) is 6.42 Å². The molecule has 0 aliphatic rings. The van der Waals surface area contributed by atoms with Gasteiger partial charge >= 0.3 is 5.97 Å². The minimum absolute atomic E-state index is 0.213. The molecule has 0 radical (unpaired) electrons. The molecule has 0 spiro atoms. The van der Waals surface area contributed by atoms with E-state index >= 15 is 0 Å². The second kappa shape index (κ2) is 5.96. The summed E-state index contributed by atoms with van der Waals surface area (Å²) in [7, 11) is 1.54. The van der Waals surface area contributed by atoms with Crippen LogP contribution in [0.1, 0.15) is 5.56 Å². The third-order valence-corrected chi connectivity index (χ3v) is 3.55. The van der Waals surface area contributed by atoms with Crippen molar-refractivity contribution in [2.75, 3.05) is 7.11 Å². The summed E-state index contributed by atoms with van der Waals surface area (Å²) in [5.74, 6) is -0.0636. The summed E-state index contributed by atoms with van der Waals surface area (Å²) >= 11 is 0. The van der Waals surface area contributed by atoms with Gasteiger partial charge in [0.25, 0.3) is 0 Å². The first-order chi connectivity index (χ1) is 11.1. The van der Waals surface area contributed by atoms with E-state index in [9.17, 15) is 9.59 Å². The summed E-state index contributed by atoms with van der Waals surface area (Å²) in [5, 5.41) is 9.39. The first-order valence-corrected chi connectivity index (χ1v) is 7.01. The fourth-order valence-corrected chi connectivity index (χ4v) is 2.52. The van der Waals surface area contributed by atoms with Gasteiger partial charge < -0.3 is 14.3 Å². The average Bonchev–Trinajstić information content (AvgIpc) is 2.55. The molecule has 0 aliphatic carbocycles. The number of fused-ring (bicyclic) bond motifs is 1. The normalized spacial score (nSPS) is 10.7. The van der Waals surface area contributed by atoms with Crippen LogP contribution >= 0.6 is 0 Å². The largest absolute Gasteiger partial charge is 0.496 e. The Morgan fingerprint density at radius 3 is 2.70 bits per heavy atom. The maximum Gasteiger partial charge on any atom is 0.307 e. The number of carbonyl (C=O) groups is 1. The van der Waals surface area contributed by atoms with Crippen LogP contribution in [0.4, 0.5) is 0 Å². The Balaban J connectivity index is 2.28. The zero-order valence-corrected chi connectivity index (χ0v) is 12.4. The summed E-state index contributed by atoms with van der Waals surface area (Å²) in [6, 6.07) is 13.5. The second-order valence-electron chi connectivity index (χ2n) is 5.04. The summed E-state index contributed by atoms with van der Waals surface area (Å²) in [5.41, 5.74) is 1.17. The van der Waals surface area contributed by atoms with Gasteiger partial charge in [-0.1, -0.05) is 24.3 Å². The first-order valence-electron chi connectivity index (χ1n) is 7.01. The maximum atomic E-state index is 12.4. The number of hydrogen-bond donors (Lipinski definition) is 1. The van der Waals surface area contributed by atoms with Crippen molar-refractivity contribution in [1.29, 1.82) is 0 Å². The SMILES string of the molecule is COc1ccccc1-c1cc(=O)c2cccc(CC(=O)O)c2o1. The van der Waals surface area contributed by atoms with E-state index in [1.54, 1.807) is 30.3 Å². The number of benzene rings is 2. The molecule has 3 rings (SSSR count). The molecule has 1 aromatic heterocycles. The standard InChI is InChI=1S/C18H14O5/c1-22-15-8-3-2-6-13(15)16-10-14(19)12-7-4-5-11(9-17(20)21)18(12)23-16/h2-8,10H,9H2,1H3,(H,20,21).